The minimum atomic E-state index is -0.356. The van der Waals surface area contributed by atoms with Crippen molar-refractivity contribution in [1.29, 1.82) is 0 Å². The Morgan fingerprint density at radius 3 is 2.59 bits per heavy atom. The fourth-order valence-corrected chi connectivity index (χ4v) is 3.78. The number of nitrogens with one attached hydrogen (secondary N) is 1. The Labute approximate surface area is 163 Å². The third-order valence-corrected chi connectivity index (χ3v) is 5.17. The standard InChI is InChI=1S/C20H22ClN5O/c21-17-11-25-26(13-17)12-14-6-18(19(27)7-14)22-8-15-9-23-20(24-10-15)16-4-2-1-3-5-16/h1-5,9-11,13-14,18-19,22,27H,6-8,12H2/t14?,18-,19-/m1/s1. The molecule has 0 saturated heterocycles. The van der Waals surface area contributed by atoms with Crippen LogP contribution >= 0.6 is 11.6 Å². The van der Waals surface area contributed by atoms with E-state index in [1.165, 1.54) is 0 Å². The molecule has 0 aliphatic heterocycles. The topological polar surface area (TPSA) is 75.9 Å². The number of aliphatic hydroxyl groups excluding tert-OH is 1. The van der Waals surface area contributed by atoms with Crippen LogP contribution in [-0.2, 0) is 13.1 Å². The molecule has 0 bridgehead atoms. The molecule has 6 nitrogen and oxygen atoms in total. The zero-order valence-corrected chi connectivity index (χ0v) is 15.6. The van der Waals surface area contributed by atoms with E-state index in [0.717, 1.165) is 36.3 Å². The number of aromatic nitrogens is 4. The SMILES string of the molecule is O[C@@H]1CC(Cn2cc(Cl)cn2)C[C@H]1NCc1cnc(-c2ccccc2)nc1. The predicted octanol–water partition coefficient (Wildman–Crippen LogP) is 2.92. The normalized spacial score (nSPS) is 22.2. The van der Waals surface area contributed by atoms with Gasteiger partial charge < -0.3 is 10.4 Å². The Balaban J connectivity index is 1.30. The monoisotopic (exact) mass is 383 g/mol. The molecule has 0 spiro atoms. The maximum atomic E-state index is 10.4. The fraction of sp³-hybridized carbons (Fsp3) is 0.350. The molecule has 7 heteroatoms. The number of aliphatic hydroxyl groups is 1. The second-order valence-corrected chi connectivity index (χ2v) is 7.49. The van der Waals surface area contributed by atoms with E-state index in [0.29, 0.717) is 17.5 Å². The smallest absolute Gasteiger partial charge is 0.159 e. The number of halogens is 1. The maximum absolute atomic E-state index is 10.4. The summed E-state index contributed by atoms with van der Waals surface area (Å²) in [6.45, 7) is 1.41. The summed E-state index contributed by atoms with van der Waals surface area (Å²) in [6, 6.07) is 9.98. The van der Waals surface area contributed by atoms with Crippen LogP contribution < -0.4 is 5.32 Å². The van der Waals surface area contributed by atoms with E-state index in [1.807, 2.05) is 53.6 Å². The zero-order valence-electron chi connectivity index (χ0n) is 14.9. The minimum Gasteiger partial charge on any atom is -0.391 e. The van der Waals surface area contributed by atoms with Crippen LogP contribution in [-0.4, -0.2) is 37.0 Å². The van der Waals surface area contributed by atoms with Gasteiger partial charge in [-0.15, -0.1) is 0 Å². The highest BCUT2D eigenvalue weighted by Crippen LogP contribution is 2.28. The van der Waals surface area contributed by atoms with Crippen molar-refractivity contribution < 1.29 is 5.11 Å². The third-order valence-electron chi connectivity index (χ3n) is 4.98. The first-order valence-electron chi connectivity index (χ1n) is 9.13. The molecule has 3 aromatic rings. The van der Waals surface area contributed by atoms with Crippen LogP contribution in [0.1, 0.15) is 18.4 Å². The molecule has 1 aliphatic rings. The molecule has 0 radical (unpaired) electrons. The lowest BCUT2D eigenvalue weighted by atomic mass is 10.1. The van der Waals surface area contributed by atoms with E-state index in [2.05, 4.69) is 20.4 Å². The van der Waals surface area contributed by atoms with Crippen molar-refractivity contribution in [1.82, 2.24) is 25.1 Å². The van der Waals surface area contributed by atoms with Crippen molar-refractivity contribution in [3.63, 3.8) is 0 Å². The van der Waals surface area contributed by atoms with E-state index in [9.17, 15) is 5.11 Å². The Morgan fingerprint density at radius 1 is 1.11 bits per heavy atom. The molecular weight excluding hydrogens is 362 g/mol. The third kappa shape index (κ3) is 4.53. The summed E-state index contributed by atoms with van der Waals surface area (Å²) in [5.74, 6) is 1.10. The first-order chi connectivity index (χ1) is 13.2. The fourth-order valence-electron chi connectivity index (χ4n) is 3.62. The molecule has 2 N–H and O–H groups in total. The summed E-state index contributed by atoms with van der Waals surface area (Å²) >= 11 is 5.91. The maximum Gasteiger partial charge on any atom is 0.159 e. The van der Waals surface area contributed by atoms with Crippen LogP contribution in [0, 0.1) is 5.92 Å². The molecule has 0 amide bonds. The summed E-state index contributed by atoms with van der Waals surface area (Å²) < 4.78 is 1.85. The first-order valence-corrected chi connectivity index (χ1v) is 9.51. The Morgan fingerprint density at radius 2 is 1.89 bits per heavy atom. The van der Waals surface area contributed by atoms with Gasteiger partial charge in [-0.25, -0.2) is 9.97 Å². The summed E-state index contributed by atoms with van der Waals surface area (Å²) in [6.07, 6.45) is 8.45. The van der Waals surface area contributed by atoms with Crippen molar-refractivity contribution >= 4 is 11.6 Å². The Kier molecular flexibility index (Phi) is 5.48. The van der Waals surface area contributed by atoms with Crippen molar-refractivity contribution in [2.75, 3.05) is 0 Å². The lowest BCUT2D eigenvalue weighted by Crippen LogP contribution is -2.35. The van der Waals surface area contributed by atoms with Gasteiger partial charge in [0.05, 0.1) is 17.3 Å². The molecule has 27 heavy (non-hydrogen) atoms. The van der Waals surface area contributed by atoms with Gasteiger partial charge in [0.2, 0.25) is 0 Å². The number of hydrogen-bond donors (Lipinski definition) is 2. The largest absolute Gasteiger partial charge is 0.391 e. The van der Waals surface area contributed by atoms with Crippen LogP contribution in [0.25, 0.3) is 11.4 Å². The molecule has 1 aromatic carbocycles. The Hall–Kier alpha value is -2.28. The quantitative estimate of drug-likeness (QED) is 0.684. The summed E-state index contributed by atoms with van der Waals surface area (Å²) in [7, 11) is 0. The van der Waals surface area contributed by atoms with Gasteiger partial charge in [0.1, 0.15) is 0 Å². The molecule has 2 heterocycles. The second-order valence-electron chi connectivity index (χ2n) is 7.05. The molecule has 4 rings (SSSR count). The van der Waals surface area contributed by atoms with Crippen molar-refractivity contribution in [3.8, 4) is 11.4 Å². The van der Waals surface area contributed by atoms with E-state index >= 15 is 0 Å². The van der Waals surface area contributed by atoms with Gasteiger partial charge in [-0.05, 0) is 18.8 Å². The highest BCUT2D eigenvalue weighted by molar-refractivity contribution is 6.30. The zero-order chi connectivity index (χ0) is 18.6. The highest BCUT2D eigenvalue weighted by atomic mass is 35.5. The summed E-state index contributed by atoms with van der Waals surface area (Å²) in [5.41, 5.74) is 2.01. The number of rotatable bonds is 6. The van der Waals surface area contributed by atoms with E-state index < -0.39 is 0 Å². The van der Waals surface area contributed by atoms with Gasteiger partial charge in [0, 0.05) is 48.8 Å². The van der Waals surface area contributed by atoms with E-state index in [4.69, 9.17) is 11.6 Å². The average molecular weight is 384 g/mol. The van der Waals surface area contributed by atoms with Gasteiger partial charge in [-0.2, -0.15) is 5.10 Å². The van der Waals surface area contributed by atoms with Crippen LogP contribution in [0.4, 0.5) is 0 Å². The van der Waals surface area contributed by atoms with Crippen LogP contribution in [0.3, 0.4) is 0 Å². The summed E-state index contributed by atoms with van der Waals surface area (Å²) in [4.78, 5) is 8.90. The molecule has 1 unspecified atom stereocenters. The van der Waals surface area contributed by atoms with Gasteiger partial charge in [-0.3, -0.25) is 4.68 Å². The predicted molar refractivity (Wildman–Crippen MR) is 104 cm³/mol. The minimum absolute atomic E-state index is 0.0647. The van der Waals surface area contributed by atoms with Crippen molar-refractivity contribution in [2.24, 2.45) is 5.92 Å². The molecule has 3 atom stereocenters. The number of hydrogen-bond acceptors (Lipinski definition) is 5. The lowest BCUT2D eigenvalue weighted by Gasteiger charge is -2.16. The molecule has 1 fully saturated rings. The number of benzene rings is 1. The van der Waals surface area contributed by atoms with Crippen molar-refractivity contribution in [3.05, 3.63) is 65.7 Å². The van der Waals surface area contributed by atoms with Crippen LogP contribution in [0.2, 0.25) is 5.02 Å². The lowest BCUT2D eigenvalue weighted by molar-refractivity contribution is 0.145. The van der Waals surface area contributed by atoms with Crippen molar-refractivity contribution in [2.45, 2.75) is 38.1 Å². The van der Waals surface area contributed by atoms with E-state index in [1.54, 1.807) is 6.20 Å². The summed E-state index contributed by atoms with van der Waals surface area (Å²) in [5, 5.41) is 18.7. The molecule has 140 valence electrons. The Bertz CT molecular complexity index is 868. The molecule has 1 saturated carbocycles. The van der Waals surface area contributed by atoms with Gasteiger partial charge in [0.25, 0.3) is 0 Å². The van der Waals surface area contributed by atoms with E-state index in [-0.39, 0.29) is 12.1 Å². The molecule has 2 aromatic heterocycles. The first kappa shape index (κ1) is 18.1. The van der Waals surface area contributed by atoms with Gasteiger partial charge >= 0.3 is 0 Å². The van der Waals surface area contributed by atoms with Gasteiger partial charge in [-0.1, -0.05) is 41.9 Å². The average Bonchev–Trinajstić information content (AvgIpc) is 3.26. The van der Waals surface area contributed by atoms with Crippen LogP contribution in [0.5, 0.6) is 0 Å². The van der Waals surface area contributed by atoms with Crippen LogP contribution in [0.15, 0.2) is 55.1 Å². The highest BCUT2D eigenvalue weighted by Gasteiger charge is 2.32. The van der Waals surface area contributed by atoms with Gasteiger partial charge in [0.15, 0.2) is 5.82 Å². The molecule has 1 aliphatic carbocycles. The number of nitrogens with zero attached hydrogens (tertiary/aromatic N) is 4. The molecular formula is C20H22ClN5O. The second kappa shape index (κ2) is 8.17.